The average Bonchev–Trinajstić information content (AvgIpc) is 2.91. The highest BCUT2D eigenvalue weighted by Crippen LogP contribution is 2.28. The van der Waals surface area contributed by atoms with Gasteiger partial charge in [-0.3, -0.25) is 9.59 Å². The van der Waals surface area contributed by atoms with E-state index < -0.39 is 0 Å². The van der Waals surface area contributed by atoms with Crippen LogP contribution in [0.1, 0.15) is 18.4 Å². The van der Waals surface area contributed by atoms with Gasteiger partial charge in [0.15, 0.2) is 0 Å². The molecule has 1 aromatic rings. The van der Waals surface area contributed by atoms with Gasteiger partial charge in [0.05, 0.1) is 12.6 Å². The van der Waals surface area contributed by atoms with E-state index in [1.807, 2.05) is 24.3 Å². The van der Waals surface area contributed by atoms with E-state index in [0.29, 0.717) is 19.5 Å². The van der Waals surface area contributed by atoms with Crippen LogP contribution in [0.5, 0.6) is 0 Å². The summed E-state index contributed by atoms with van der Waals surface area (Å²) in [6.45, 7) is 1.41. The van der Waals surface area contributed by atoms with Gasteiger partial charge in [-0.15, -0.1) is 0 Å². The quantitative estimate of drug-likeness (QED) is 0.840. The molecule has 0 radical (unpaired) electrons. The number of anilines is 1. The van der Waals surface area contributed by atoms with Gasteiger partial charge in [0.1, 0.15) is 6.54 Å². The zero-order chi connectivity index (χ0) is 14.8. The number of methoxy groups -OCH3 is 1. The van der Waals surface area contributed by atoms with Crippen LogP contribution in [0, 0.1) is 0 Å². The molecule has 2 aliphatic heterocycles. The van der Waals surface area contributed by atoms with Crippen molar-refractivity contribution in [2.45, 2.75) is 25.4 Å². The predicted octanol–water partition coefficient (Wildman–Crippen LogP) is 1.21. The first-order valence-corrected chi connectivity index (χ1v) is 7.38. The van der Waals surface area contributed by atoms with E-state index in [9.17, 15) is 9.59 Å². The number of benzene rings is 1. The number of likely N-dealkylation sites (tertiary alicyclic amines) is 1. The molecule has 0 N–H and O–H groups in total. The summed E-state index contributed by atoms with van der Waals surface area (Å²) < 4.78 is 5.45. The first-order valence-electron chi connectivity index (χ1n) is 7.38. The van der Waals surface area contributed by atoms with Crippen molar-refractivity contribution >= 4 is 17.5 Å². The molecule has 112 valence electrons. The van der Waals surface area contributed by atoms with Gasteiger partial charge in [0, 0.05) is 32.2 Å². The number of carbonyl (C=O) groups excluding carboxylic acids is 2. The van der Waals surface area contributed by atoms with Crippen molar-refractivity contribution in [1.82, 2.24) is 4.90 Å². The summed E-state index contributed by atoms with van der Waals surface area (Å²) in [7, 11) is 1.67. The summed E-state index contributed by atoms with van der Waals surface area (Å²) in [4.78, 5) is 27.7. The van der Waals surface area contributed by atoms with Gasteiger partial charge in [-0.25, -0.2) is 0 Å². The van der Waals surface area contributed by atoms with Crippen molar-refractivity contribution in [3.63, 3.8) is 0 Å². The molecule has 1 fully saturated rings. The molecule has 0 saturated carbocycles. The monoisotopic (exact) mass is 288 g/mol. The van der Waals surface area contributed by atoms with E-state index in [1.165, 1.54) is 0 Å². The van der Waals surface area contributed by atoms with E-state index in [2.05, 4.69) is 0 Å². The highest BCUT2D eigenvalue weighted by molar-refractivity contribution is 5.98. The van der Waals surface area contributed by atoms with Crippen LogP contribution in [0.25, 0.3) is 0 Å². The van der Waals surface area contributed by atoms with Crippen LogP contribution in [0.3, 0.4) is 0 Å². The minimum atomic E-state index is -0.0283. The Bertz CT molecular complexity index is 558. The molecule has 2 aliphatic rings. The molecule has 5 heteroatoms. The van der Waals surface area contributed by atoms with Gasteiger partial charge >= 0.3 is 0 Å². The van der Waals surface area contributed by atoms with Crippen LogP contribution in [0.4, 0.5) is 5.69 Å². The van der Waals surface area contributed by atoms with Crippen molar-refractivity contribution in [1.29, 1.82) is 0 Å². The molecular formula is C16H20N2O3. The third kappa shape index (κ3) is 2.78. The van der Waals surface area contributed by atoms with Gasteiger partial charge < -0.3 is 14.5 Å². The normalized spacial score (nSPS) is 21.6. The Morgan fingerprint density at radius 3 is 2.90 bits per heavy atom. The van der Waals surface area contributed by atoms with Gasteiger partial charge in [-0.1, -0.05) is 18.2 Å². The van der Waals surface area contributed by atoms with Crippen molar-refractivity contribution in [3.8, 4) is 0 Å². The standard InChI is InChI=1S/C16H20N2O3/c1-21-13-9-12-5-2-3-6-14(12)18(10-13)16(20)11-17-8-4-7-15(17)19/h2-3,5-6,13H,4,7-11H2,1H3/t13-/m0/s1. The smallest absolute Gasteiger partial charge is 0.246 e. The molecule has 0 aromatic heterocycles. The first-order chi connectivity index (χ1) is 10.2. The summed E-state index contributed by atoms with van der Waals surface area (Å²) in [6.07, 6.45) is 2.24. The third-order valence-electron chi connectivity index (χ3n) is 4.25. The maximum atomic E-state index is 12.6. The largest absolute Gasteiger partial charge is 0.379 e. The minimum absolute atomic E-state index is 0.0122. The van der Waals surface area contributed by atoms with E-state index in [4.69, 9.17) is 4.74 Å². The lowest BCUT2D eigenvalue weighted by Crippen LogP contribution is -2.47. The summed E-state index contributed by atoms with van der Waals surface area (Å²) in [5.41, 5.74) is 2.07. The Kier molecular flexibility index (Phi) is 3.92. The number of carbonyl (C=O) groups is 2. The molecule has 1 atom stereocenters. The maximum absolute atomic E-state index is 12.6. The third-order valence-corrected chi connectivity index (χ3v) is 4.25. The molecule has 3 rings (SSSR count). The fourth-order valence-electron chi connectivity index (χ4n) is 3.07. The number of hydrogen-bond acceptors (Lipinski definition) is 3. The van der Waals surface area contributed by atoms with E-state index >= 15 is 0 Å². The summed E-state index contributed by atoms with van der Waals surface area (Å²) >= 11 is 0. The molecule has 0 bridgehead atoms. The van der Waals surface area contributed by atoms with Gasteiger partial charge in [0.2, 0.25) is 11.8 Å². The molecule has 1 aromatic carbocycles. The van der Waals surface area contributed by atoms with E-state index in [0.717, 1.165) is 24.1 Å². The Labute approximate surface area is 124 Å². The van der Waals surface area contributed by atoms with Crippen molar-refractivity contribution in [3.05, 3.63) is 29.8 Å². The molecular weight excluding hydrogens is 268 g/mol. The van der Waals surface area contributed by atoms with Gasteiger partial charge in [-0.2, -0.15) is 0 Å². The molecule has 1 saturated heterocycles. The number of fused-ring (bicyclic) bond motifs is 1. The van der Waals surface area contributed by atoms with Crippen LogP contribution in [-0.4, -0.2) is 49.6 Å². The van der Waals surface area contributed by atoms with Crippen molar-refractivity contribution in [2.24, 2.45) is 0 Å². The summed E-state index contributed by atoms with van der Waals surface area (Å²) in [6, 6.07) is 7.91. The lowest BCUT2D eigenvalue weighted by molar-refractivity contribution is -0.132. The lowest BCUT2D eigenvalue weighted by atomic mass is 9.99. The highest BCUT2D eigenvalue weighted by atomic mass is 16.5. The van der Waals surface area contributed by atoms with Crippen LogP contribution in [-0.2, 0) is 20.7 Å². The Morgan fingerprint density at radius 1 is 1.38 bits per heavy atom. The minimum Gasteiger partial charge on any atom is -0.379 e. The molecule has 2 amide bonds. The van der Waals surface area contributed by atoms with Crippen LogP contribution in [0.15, 0.2) is 24.3 Å². The highest BCUT2D eigenvalue weighted by Gasteiger charge is 2.31. The topological polar surface area (TPSA) is 49.9 Å². The molecule has 0 aliphatic carbocycles. The Balaban J connectivity index is 1.80. The second-order valence-corrected chi connectivity index (χ2v) is 5.61. The molecule has 5 nitrogen and oxygen atoms in total. The lowest BCUT2D eigenvalue weighted by Gasteiger charge is -2.34. The van der Waals surface area contributed by atoms with E-state index in [1.54, 1.807) is 16.9 Å². The number of hydrogen-bond donors (Lipinski definition) is 0. The molecule has 2 heterocycles. The van der Waals surface area contributed by atoms with Crippen LogP contribution < -0.4 is 4.90 Å². The van der Waals surface area contributed by atoms with Crippen LogP contribution in [0.2, 0.25) is 0 Å². The number of rotatable bonds is 3. The second kappa shape index (κ2) is 5.85. The second-order valence-electron chi connectivity index (χ2n) is 5.61. The average molecular weight is 288 g/mol. The molecule has 21 heavy (non-hydrogen) atoms. The zero-order valence-corrected chi connectivity index (χ0v) is 12.2. The summed E-state index contributed by atoms with van der Waals surface area (Å²) in [5.74, 6) is 0.0522. The predicted molar refractivity (Wildman–Crippen MR) is 79.1 cm³/mol. The van der Waals surface area contributed by atoms with E-state index in [-0.39, 0.29) is 24.5 Å². The van der Waals surface area contributed by atoms with Gasteiger partial charge in [-0.05, 0) is 18.1 Å². The van der Waals surface area contributed by atoms with Crippen molar-refractivity contribution < 1.29 is 14.3 Å². The maximum Gasteiger partial charge on any atom is 0.246 e. The van der Waals surface area contributed by atoms with Crippen molar-refractivity contribution in [2.75, 3.05) is 31.6 Å². The molecule has 0 unspecified atom stereocenters. The number of para-hydroxylation sites is 1. The Hall–Kier alpha value is -1.88. The van der Waals surface area contributed by atoms with Crippen LogP contribution >= 0.6 is 0 Å². The SMILES string of the molecule is CO[C@H]1Cc2ccccc2N(C(=O)CN2CCCC2=O)C1. The molecule has 0 spiro atoms. The fourth-order valence-corrected chi connectivity index (χ4v) is 3.07. The summed E-state index contributed by atoms with van der Waals surface area (Å²) in [5, 5.41) is 0. The first kappa shape index (κ1) is 14.1. The van der Waals surface area contributed by atoms with Gasteiger partial charge in [0.25, 0.3) is 0 Å². The fraction of sp³-hybridized carbons (Fsp3) is 0.500. The zero-order valence-electron chi connectivity index (χ0n) is 12.2. The number of nitrogens with zero attached hydrogens (tertiary/aromatic N) is 2. The number of ether oxygens (including phenoxy) is 1. The number of amides is 2. The Morgan fingerprint density at radius 2 is 2.19 bits per heavy atom.